The summed E-state index contributed by atoms with van der Waals surface area (Å²) in [6, 6.07) is 26.5. The van der Waals surface area contributed by atoms with E-state index in [1.165, 1.54) is 0 Å². The van der Waals surface area contributed by atoms with E-state index in [4.69, 9.17) is 9.47 Å². The number of nitrogens with zero attached hydrogens (tertiary/aromatic N) is 1. The zero-order chi connectivity index (χ0) is 34.1. The van der Waals surface area contributed by atoms with Crippen molar-refractivity contribution < 1.29 is 29.0 Å². The molecule has 0 aromatic heterocycles. The number of aliphatic hydroxyl groups excluding tert-OH is 1. The highest BCUT2D eigenvalue weighted by molar-refractivity contribution is 5.86. The number of amides is 2. The lowest BCUT2D eigenvalue weighted by Crippen LogP contribution is -2.45. The molecule has 1 saturated heterocycles. The van der Waals surface area contributed by atoms with Gasteiger partial charge in [-0.05, 0) is 67.3 Å². The fraction of sp³-hybridized carbons (Fsp3) is 0.375. The van der Waals surface area contributed by atoms with Crippen LogP contribution in [0.15, 0.2) is 110 Å². The molecule has 254 valence electrons. The van der Waals surface area contributed by atoms with E-state index in [9.17, 15) is 19.5 Å². The Labute approximate surface area is 284 Å². The third-order valence-corrected chi connectivity index (χ3v) is 8.66. The number of esters is 1. The van der Waals surface area contributed by atoms with Crippen LogP contribution in [0, 0.1) is 11.8 Å². The number of hydrogen-bond acceptors (Lipinski definition) is 6. The highest BCUT2D eigenvalue weighted by atomic mass is 16.5. The van der Waals surface area contributed by atoms with Gasteiger partial charge in [-0.2, -0.15) is 0 Å². The summed E-state index contributed by atoms with van der Waals surface area (Å²) in [6.45, 7) is 8.49. The normalized spacial score (nSPS) is 15.9. The van der Waals surface area contributed by atoms with E-state index in [0.717, 1.165) is 35.3 Å². The lowest BCUT2D eigenvalue weighted by Gasteiger charge is -2.29. The van der Waals surface area contributed by atoms with Crippen molar-refractivity contribution in [3.8, 4) is 5.75 Å². The first kappa shape index (κ1) is 36.2. The average molecular weight is 653 g/mol. The van der Waals surface area contributed by atoms with E-state index in [1.807, 2.05) is 84.9 Å². The Hall–Kier alpha value is -4.69. The van der Waals surface area contributed by atoms with Gasteiger partial charge in [0.05, 0.1) is 30.5 Å². The number of rotatable bonds is 19. The largest absolute Gasteiger partial charge is 0.489 e. The van der Waals surface area contributed by atoms with Crippen LogP contribution < -0.4 is 10.1 Å². The van der Waals surface area contributed by atoms with Crippen LogP contribution >= 0.6 is 0 Å². The molecule has 1 aliphatic rings. The number of ether oxygens (including phenoxy) is 2. The SMILES string of the molecule is C=CC[C@H](Cc1ccccc1)C(=O)OC[C@@H]1CCCN1C(=O)[C@H](CC=C)CC(=O)N[C@H](CO)Cc1ccc(OCc2ccccc2)cc1. The number of hydrogen-bond donors (Lipinski definition) is 2. The van der Waals surface area contributed by atoms with Gasteiger partial charge >= 0.3 is 5.97 Å². The summed E-state index contributed by atoms with van der Waals surface area (Å²) >= 11 is 0. The first-order valence-corrected chi connectivity index (χ1v) is 16.8. The van der Waals surface area contributed by atoms with Gasteiger partial charge in [0.15, 0.2) is 0 Å². The molecule has 0 spiro atoms. The highest BCUT2D eigenvalue weighted by Gasteiger charge is 2.35. The predicted molar refractivity (Wildman–Crippen MR) is 187 cm³/mol. The summed E-state index contributed by atoms with van der Waals surface area (Å²) < 4.78 is 11.6. The second-order valence-electron chi connectivity index (χ2n) is 12.4. The molecule has 1 aliphatic heterocycles. The monoisotopic (exact) mass is 652 g/mol. The molecule has 8 nitrogen and oxygen atoms in total. The quantitative estimate of drug-likeness (QED) is 0.125. The topological polar surface area (TPSA) is 105 Å². The van der Waals surface area contributed by atoms with Crippen LogP contribution in [-0.2, 0) is 38.6 Å². The van der Waals surface area contributed by atoms with Crippen LogP contribution in [0.3, 0.4) is 0 Å². The van der Waals surface area contributed by atoms with E-state index >= 15 is 0 Å². The van der Waals surface area contributed by atoms with Crippen LogP contribution in [0.1, 0.15) is 48.8 Å². The van der Waals surface area contributed by atoms with E-state index in [-0.39, 0.29) is 49.4 Å². The van der Waals surface area contributed by atoms with Gasteiger partial charge in [0.1, 0.15) is 19.0 Å². The molecule has 0 radical (unpaired) electrons. The van der Waals surface area contributed by atoms with Crippen molar-refractivity contribution in [1.82, 2.24) is 10.2 Å². The zero-order valence-electron chi connectivity index (χ0n) is 27.7. The molecule has 4 atom stereocenters. The van der Waals surface area contributed by atoms with Crippen molar-refractivity contribution >= 4 is 17.8 Å². The minimum atomic E-state index is -0.606. The number of carbonyl (C=O) groups is 3. The number of allylic oxidation sites excluding steroid dienone is 2. The molecule has 48 heavy (non-hydrogen) atoms. The first-order chi connectivity index (χ1) is 23.4. The summed E-state index contributed by atoms with van der Waals surface area (Å²) in [6.07, 6.45) is 6.68. The summed E-state index contributed by atoms with van der Waals surface area (Å²) in [7, 11) is 0. The molecule has 3 aromatic rings. The van der Waals surface area contributed by atoms with Crippen LogP contribution in [0.25, 0.3) is 0 Å². The van der Waals surface area contributed by atoms with Crippen LogP contribution in [0.4, 0.5) is 0 Å². The summed E-state index contributed by atoms with van der Waals surface area (Å²) in [5.74, 6) is -0.986. The fourth-order valence-electron chi connectivity index (χ4n) is 6.08. The van der Waals surface area contributed by atoms with E-state index < -0.39 is 12.0 Å². The molecular weight excluding hydrogens is 604 g/mol. The van der Waals surface area contributed by atoms with Crippen molar-refractivity contribution in [1.29, 1.82) is 0 Å². The molecule has 3 aromatic carbocycles. The van der Waals surface area contributed by atoms with Crippen molar-refractivity contribution in [2.75, 3.05) is 19.8 Å². The Morgan fingerprint density at radius 1 is 0.854 bits per heavy atom. The van der Waals surface area contributed by atoms with Crippen molar-refractivity contribution in [2.24, 2.45) is 11.8 Å². The number of carbonyl (C=O) groups excluding carboxylic acids is 3. The molecule has 8 heteroatoms. The lowest BCUT2D eigenvalue weighted by atomic mass is 9.96. The molecule has 0 unspecified atom stereocenters. The first-order valence-electron chi connectivity index (χ1n) is 16.8. The number of benzene rings is 3. The Morgan fingerprint density at radius 2 is 1.48 bits per heavy atom. The fourth-order valence-corrected chi connectivity index (χ4v) is 6.08. The number of likely N-dealkylation sites (tertiary alicyclic amines) is 1. The molecule has 0 bridgehead atoms. The molecule has 2 N–H and O–H groups in total. The van der Waals surface area contributed by atoms with Gasteiger partial charge in [0.2, 0.25) is 11.8 Å². The van der Waals surface area contributed by atoms with Crippen molar-refractivity contribution in [2.45, 2.75) is 63.6 Å². The summed E-state index contributed by atoms with van der Waals surface area (Å²) in [5, 5.41) is 12.9. The smallest absolute Gasteiger partial charge is 0.309 e. The minimum Gasteiger partial charge on any atom is -0.489 e. The van der Waals surface area contributed by atoms with Gasteiger partial charge in [-0.25, -0.2) is 0 Å². The lowest BCUT2D eigenvalue weighted by molar-refractivity contribution is -0.152. The average Bonchev–Trinajstić information content (AvgIpc) is 3.59. The molecule has 0 aliphatic carbocycles. The molecular formula is C40H48N2O6. The maximum absolute atomic E-state index is 13.7. The Balaban J connectivity index is 1.27. The number of nitrogens with one attached hydrogen (secondary N) is 1. The van der Waals surface area contributed by atoms with Crippen molar-refractivity contribution in [3.05, 3.63) is 127 Å². The maximum atomic E-state index is 13.7. The van der Waals surface area contributed by atoms with E-state index in [1.54, 1.807) is 17.1 Å². The summed E-state index contributed by atoms with van der Waals surface area (Å²) in [4.78, 5) is 41.6. The Kier molecular flexibility index (Phi) is 14.5. The van der Waals surface area contributed by atoms with Crippen LogP contribution in [0.2, 0.25) is 0 Å². The molecule has 2 amide bonds. The van der Waals surface area contributed by atoms with Gasteiger partial charge in [-0.3, -0.25) is 14.4 Å². The predicted octanol–water partition coefficient (Wildman–Crippen LogP) is 5.84. The summed E-state index contributed by atoms with van der Waals surface area (Å²) in [5.41, 5.74) is 3.07. The van der Waals surface area contributed by atoms with Crippen molar-refractivity contribution in [3.63, 3.8) is 0 Å². The van der Waals surface area contributed by atoms with Gasteiger partial charge in [-0.1, -0.05) is 84.9 Å². The van der Waals surface area contributed by atoms with E-state index in [2.05, 4.69) is 18.5 Å². The maximum Gasteiger partial charge on any atom is 0.309 e. The third-order valence-electron chi connectivity index (χ3n) is 8.66. The third kappa shape index (κ3) is 11.2. The molecule has 4 rings (SSSR count). The Bertz CT molecular complexity index is 1460. The number of aliphatic hydroxyl groups is 1. The van der Waals surface area contributed by atoms with Crippen LogP contribution in [0.5, 0.6) is 5.75 Å². The van der Waals surface area contributed by atoms with Gasteiger partial charge < -0.3 is 24.8 Å². The van der Waals surface area contributed by atoms with Gasteiger partial charge in [0.25, 0.3) is 0 Å². The van der Waals surface area contributed by atoms with E-state index in [0.29, 0.717) is 38.8 Å². The highest BCUT2D eigenvalue weighted by Crippen LogP contribution is 2.25. The standard InChI is InChI=1S/C40H48N2O6/c1-3-12-33(26-38(44)41-35(27-43)25-31-19-21-37(22-20-31)47-28-32-16-9-6-10-17-32)39(45)42-23-11-18-36(42)29-48-40(46)34(13-4-2)24-30-14-7-5-8-15-30/h3-10,14-17,19-22,33-36,43H,1-2,11-13,18,23-29H2,(H,41,44)/t33-,34-,35+,36+/m1/s1. The minimum absolute atomic E-state index is 0.0326. The second kappa shape index (κ2) is 19.2. The molecule has 1 fully saturated rings. The molecule has 1 heterocycles. The van der Waals surface area contributed by atoms with Gasteiger partial charge in [0, 0.05) is 13.0 Å². The van der Waals surface area contributed by atoms with Gasteiger partial charge in [-0.15, -0.1) is 13.2 Å². The Morgan fingerprint density at radius 3 is 2.12 bits per heavy atom. The van der Waals surface area contributed by atoms with Crippen LogP contribution in [-0.4, -0.2) is 59.6 Å². The second-order valence-corrected chi connectivity index (χ2v) is 12.4. The molecule has 0 saturated carbocycles. The zero-order valence-corrected chi connectivity index (χ0v) is 27.7.